The SMILES string of the molecule is Cc1cc(C)cc(C(C)NCc2cc(C)no2)c1. The molecule has 0 aliphatic heterocycles. The average Bonchev–Trinajstić information content (AvgIpc) is 2.70. The van der Waals surface area contributed by atoms with Gasteiger partial charge in [-0.15, -0.1) is 0 Å². The molecule has 1 unspecified atom stereocenters. The number of nitrogens with one attached hydrogen (secondary N) is 1. The van der Waals surface area contributed by atoms with Gasteiger partial charge in [-0.1, -0.05) is 34.5 Å². The van der Waals surface area contributed by atoms with Crippen LogP contribution in [0.5, 0.6) is 0 Å². The van der Waals surface area contributed by atoms with Gasteiger partial charge in [-0.05, 0) is 33.3 Å². The summed E-state index contributed by atoms with van der Waals surface area (Å²) in [5.41, 5.74) is 4.83. The van der Waals surface area contributed by atoms with Crippen molar-refractivity contribution in [1.29, 1.82) is 0 Å². The molecular formula is C15H20N2O. The van der Waals surface area contributed by atoms with Crippen LogP contribution in [0.1, 0.15) is 41.1 Å². The molecule has 96 valence electrons. The van der Waals surface area contributed by atoms with E-state index in [1.807, 2.05) is 13.0 Å². The Kier molecular flexibility index (Phi) is 3.82. The lowest BCUT2D eigenvalue weighted by Gasteiger charge is -2.14. The predicted octanol–water partition coefficient (Wildman–Crippen LogP) is 3.45. The number of nitrogens with zero attached hydrogens (tertiary/aromatic N) is 1. The summed E-state index contributed by atoms with van der Waals surface area (Å²) in [5.74, 6) is 0.878. The van der Waals surface area contributed by atoms with E-state index >= 15 is 0 Å². The van der Waals surface area contributed by atoms with Gasteiger partial charge < -0.3 is 9.84 Å². The van der Waals surface area contributed by atoms with Crippen molar-refractivity contribution in [1.82, 2.24) is 10.5 Å². The van der Waals surface area contributed by atoms with Gasteiger partial charge in [0.2, 0.25) is 0 Å². The molecule has 0 aliphatic carbocycles. The number of benzene rings is 1. The van der Waals surface area contributed by atoms with Crippen LogP contribution in [0.25, 0.3) is 0 Å². The summed E-state index contributed by atoms with van der Waals surface area (Å²) in [4.78, 5) is 0. The smallest absolute Gasteiger partial charge is 0.150 e. The van der Waals surface area contributed by atoms with Gasteiger partial charge in [-0.2, -0.15) is 0 Å². The molecule has 2 aromatic rings. The molecule has 1 atom stereocenters. The first-order chi connectivity index (χ1) is 8.54. The molecule has 3 heteroatoms. The third kappa shape index (κ3) is 3.20. The summed E-state index contributed by atoms with van der Waals surface area (Å²) in [6.45, 7) is 9.05. The minimum atomic E-state index is 0.300. The first-order valence-electron chi connectivity index (χ1n) is 6.28. The first kappa shape index (κ1) is 12.8. The molecule has 18 heavy (non-hydrogen) atoms. The topological polar surface area (TPSA) is 38.1 Å². The number of hydrogen-bond donors (Lipinski definition) is 1. The molecule has 0 saturated heterocycles. The second-order valence-corrected chi connectivity index (χ2v) is 4.96. The molecule has 1 N–H and O–H groups in total. The Morgan fingerprint density at radius 1 is 1.11 bits per heavy atom. The van der Waals surface area contributed by atoms with Crippen LogP contribution in [0.15, 0.2) is 28.8 Å². The lowest BCUT2D eigenvalue weighted by atomic mass is 10.0. The molecule has 3 nitrogen and oxygen atoms in total. The molecule has 1 aromatic carbocycles. The Hall–Kier alpha value is -1.61. The molecule has 0 amide bonds. The molecule has 0 spiro atoms. The summed E-state index contributed by atoms with van der Waals surface area (Å²) in [7, 11) is 0. The summed E-state index contributed by atoms with van der Waals surface area (Å²) in [6.07, 6.45) is 0. The summed E-state index contributed by atoms with van der Waals surface area (Å²) >= 11 is 0. The van der Waals surface area contributed by atoms with E-state index < -0.39 is 0 Å². The predicted molar refractivity (Wildman–Crippen MR) is 72.4 cm³/mol. The lowest BCUT2D eigenvalue weighted by Crippen LogP contribution is -2.18. The average molecular weight is 244 g/mol. The summed E-state index contributed by atoms with van der Waals surface area (Å²) < 4.78 is 5.19. The fraction of sp³-hybridized carbons (Fsp3) is 0.400. The van der Waals surface area contributed by atoms with Gasteiger partial charge >= 0.3 is 0 Å². The number of hydrogen-bond acceptors (Lipinski definition) is 3. The van der Waals surface area contributed by atoms with Crippen LogP contribution in [0.2, 0.25) is 0 Å². The third-order valence-corrected chi connectivity index (χ3v) is 3.00. The zero-order chi connectivity index (χ0) is 13.1. The van der Waals surface area contributed by atoms with Gasteiger partial charge in [-0.25, -0.2) is 0 Å². The van der Waals surface area contributed by atoms with E-state index in [-0.39, 0.29) is 0 Å². The van der Waals surface area contributed by atoms with Gasteiger partial charge in [0.05, 0.1) is 12.2 Å². The van der Waals surface area contributed by atoms with Crippen molar-refractivity contribution in [2.24, 2.45) is 0 Å². The maximum absolute atomic E-state index is 5.19. The maximum Gasteiger partial charge on any atom is 0.150 e. The highest BCUT2D eigenvalue weighted by Gasteiger charge is 2.07. The van der Waals surface area contributed by atoms with E-state index in [4.69, 9.17) is 4.52 Å². The monoisotopic (exact) mass is 244 g/mol. The van der Waals surface area contributed by atoms with E-state index in [0.717, 1.165) is 11.5 Å². The second kappa shape index (κ2) is 5.36. The van der Waals surface area contributed by atoms with Crippen molar-refractivity contribution in [3.05, 3.63) is 52.4 Å². The minimum absolute atomic E-state index is 0.300. The molecule has 0 bridgehead atoms. The molecule has 1 heterocycles. The van der Waals surface area contributed by atoms with Crippen LogP contribution in [0.4, 0.5) is 0 Å². The van der Waals surface area contributed by atoms with Crippen LogP contribution in [0, 0.1) is 20.8 Å². The summed E-state index contributed by atoms with van der Waals surface area (Å²) in [5, 5.41) is 7.33. The normalized spacial score (nSPS) is 12.7. The van der Waals surface area contributed by atoms with E-state index in [2.05, 4.69) is 49.4 Å². The molecule has 0 saturated carbocycles. The molecule has 1 aromatic heterocycles. The van der Waals surface area contributed by atoms with E-state index in [0.29, 0.717) is 12.6 Å². The fourth-order valence-corrected chi connectivity index (χ4v) is 2.13. The first-order valence-corrected chi connectivity index (χ1v) is 6.28. The molecule has 2 rings (SSSR count). The van der Waals surface area contributed by atoms with Crippen LogP contribution < -0.4 is 5.32 Å². The highest BCUT2D eigenvalue weighted by Crippen LogP contribution is 2.17. The molecular weight excluding hydrogens is 224 g/mol. The Balaban J connectivity index is 2.01. The zero-order valence-electron chi connectivity index (χ0n) is 11.4. The standard InChI is InChI=1S/C15H20N2O/c1-10-5-11(2)7-14(6-10)13(4)16-9-15-8-12(3)17-18-15/h5-8,13,16H,9H2,1-4H3. The Labute approximate surface area is 108 Å². The Morgan fingerprint density at radius 3 is 2.33 bits per heavy atom. The maximum atomic E-state index is 5.19. The molecule has 0 radical (unpaired) electrons. The van der Waals surface area contributed by atoms with Crippen LogP contribution >= 0.6 is 0 Å². The van der Waals surface area contributed by atoms with Gasteiger partial charge in [0, 0.05) is 12.1 Å². The third-order valence-electron chi connectivity index (χ3n) is 3.00. The van der Waals surface area contributed by atoms with Crippen molar-refractivity contribution < 1.29 is 4.52 Å². The van der Waals surface area contributed by atoms with Gasteiger partial charge in [0.1, 0.15) is 0 Å². The lowest BCUT2D eigenvalue weighted by molar-refractivity contribution is 0.363. The van der Waals surface area contributed by atoms with Crippen molar-refractivity contribution in [3.8, 4) is 0 Å². The number of aromatic nitrogens is 1. The quantitative estimate of drug-likeness (QED) is 0.895. The highest BCUT2D eigenvalue weighted by molar-refractivity contribution is 5.30. The minimum Gasteiger partial charge on any atom is -0.360 e. The molecule has 0 aliphatic rings. The van der Waals surface area contributed by atoms with Crippen molar-refractivity contribution in [2.75, 3.05) is 0 Å². The van der Waals surface area contributed by atoms with Crippen LogP contribution in [-0.4, -0.2) is 5.16 Å². The van der Waals surface area contributed by atoms with Crippen LogP contribution in [0.3, 0.4) is 0 Å². The van der Waals surface area contributed by atoms with Gasteiger partial charge in [-0.3, -0.25) is 0 Å². The van der Waals surface area contributed by atoms with E-state index in [1.165, 1.54) is 16.7 Å². The fourth-order valence-electron chi connectivity index (χ4n) is 2.13. The number of rotatable bonds is 4. The van der Waals surface area contributed by atoms with Crippen molar-refractivity contribution >= 4 is 0 Å². The van der Waals surface area contributed by atoms with Gasteiger partial charge in [0.15, 0.2) is 5.76 Å². The Bertz CT molecular complexity index is 511. The Morgan fingerprint density at radius 2 is 1.78 bits per heavy atom. The second-order valence-electron chi connectivity index (χ2n) is 4.96. The number of aryl methyl sites for hydroxylation is 3. The highest BCUT2D eigenvalue weighted by atomic mass is 16.5. The molecule has 0 fully saturated rings. The summed E-state index contributed by atoms with van der Waals surface area (Å²) in [6, 6.07) is 8.89. The van der Waals surface area contributed by atoms with Crippen molar-refractivity contribution in [3.63, 3.8) is 0 Å². The van der Waals surface area contributed by atoms with Crippen LogP contribution in [-0.2, 0) is 6.54 Å². The van der Waals surface area contributed by atoms with Gasteiger partial charge in [0.25, 0.3) is 0 Å². The van der Waals surface area contributed by atoms with Crippen molar-refractivity contribution in [2.45, 2.75) is 40.3 Å². The van der Waals surface area contributed by atoms with E-state index in [1.54, 1.807) is 0 Å². The van der Waals surface area contributed by atoms with E-state index in [9.17, 15) is 0 Å². The largest absolute Gasteiger partial charge is 0.360 e. The zero-order valence-corrected chi connectivity index (χ0v) is 11.4.